The molecule has 1 aliphatic heterocycles. The largest absolute Gasteiger partial charge is 0.506 e. The molecule has 1 saturated heterocycles. The van der Waals surface area contributed by atoms with E-state index < -0.39 is 0 Å². The molecule has 0 spiro atoms. The Morgan fingerprint density at radius 2 is 1.94 bits per heavy atom. The number of phenols is 1. The Balaban J connectivity index is 2.00. The van der Waals surface area contributed by atoms with Crippen LogP contribution in [-0.2, 0) is 6.54 Å². The molecule has 17 heavy (non-hydrogen) atoms. The summed E-state index contributed by atoms with van der Waals surface area (Å²) in [5, 5.41) is 9.96. The van der Waals surface area contributed by atoms with Gasteiger partial charge in [-0.1, -0.05) is 26.0 Å². The van der Waals surface area contributed by atoms with Crippen LogP contribution in [0.3, 0.4) is 0 Å². The lowest BCUT2D eigenvalue weighted by molar-refractivity contribution is 0.126. The normalized spacial score (nSPS) is 20.4. The van der Waals surface area contributed by atoms with E-state index in [4.69, 9.17) is 0 Å². The van der Waals surface area contributed by atoms with Gasteiger partial charge in [-0.3, -0.25) is 4.90 Å². The van der Waals surface area contributed by atoms with E-state index in [2.05, 4.69) is 34.7 Å². The number of hydrogen-bond donors (Lipinski definition) is 1. The van der Waals surface area contributed by atoms with Crippen LogP contribution in [0.15, 0.2) is 22.7 Å². The molecular formula is C14H20BrNO. The molecule has 0 saturated carbocycles. The van der Waals surface area contributed by atoms with Crippen LogP contribution in [0.25, 0.3) is 0 Å². The maximum absolute atomic E-state index is 9.96. The quantitative estimate of drug-likeness (QED) is 0.898. The molecule has 0 amide bonds. The van der Waals surface area contributed by atoms with Crippen LogP contribution < -0.4 is 0 Å². The molecule has 0 aromatic heterocycles. The molecule has 1 aromatic rings. The van der Waals surface area contributed by atoms with Crippen molar-refractivity contribution in [3.63, 3.8) is 0 Å². The first-order valence-electron chi connectivity index (χ1n) is 6.17. The average molecular weight is 298 g/mol. The van der Waals surface area contributed by atoms with E-state index >= 15 is 0 Å². The summed E-state index contributed by atoms with van der Waals surface area (Å²) in [6, 6.07) is 5.85. The maximum atomic E-state index is 9.96. The van der Waals surface area contributed by atoms with Gasteiger partial charge in [0.05, 0.1) is 4.47 Å². The number of benzene rings is 1. The summed E-state index contributed by atoms with van der Waals surface area (Å²) in [6.45, 7) is 7.76. The summed E-state index contributed by atoms with van der Waals surface area (Å²) >= 11 is 3.36. The summed E-state index contributed by atoms with van der Waals surface area (Å²) in [6.07, 6.45) is 2.48. The minimum absolute atomic E-state index is 0.386. The summed E-state index contributed by atoms with van der Waals surface area (Å²) in [7, 11) is 0. The molecule has 94 valence electrons. The Labute approximate surface area is 112 Å². The van der Waals surface area contributed by atoms with Crippen molar-refractivity contribution in [1.29, 1.82) is 0 Å². The Bertz CT molecular complexity index is 393. The van der Waals surface area contributed by atoms with Crippen LogP contribution in [0, 0.1) is 5.41 Å². The van der Waals surface area contributed by atoms with Gasteiger partial charge in [0.2, 0.25) is 0 Å². The molecule has 0 radical (unpaired) electrons. The van der Waals surface area contributed by atoms with Crippen molar-refractivity contribution in [3.05, 3.63) is 28.2 Å². The standard InChI is InChI=1S/C14H20BrNO/c1-14(2)6-8-16(9-7-14)10-11-4-3-5-12(15)13(11)17/h3-5,17H,6-10H2,1-2H3. The topological polar surface area (TPSA) is 23.5 Å². The zero-order valence-electron chi connectivity index (χ0n) is 10.5. The minimum atomic E-state index is 0.386. The van der Waals surface area contributed by atoms with Gasteiger partial charge in [0.15, 0.2) is 0 Å². The highest BCUT2D eigenvalue weighted by atomic mass is 79.9. The van der Waals surface area contributed by atoms with Gasteiger partial charge in [-0.2, -0.15) is 0 Å². The zero-order valence-corrected chi connectivity index (χ0v) is 12.1. The molecule has 3 heteroatoms. The Morgan fingerprint density at radius 1 is 1.29 bits per heavy atom. The third-order valence-corrected chi connectivity index (χ3v) is 4.31. The first-order chi connectivity index (χ1) is 7.98. The first kappa shape index (κ1) is 12.9. The number of hydrogen-bond acceptors (Lipinski definition) is 2. The first-order valence-corrected chi connectivity index (χ1v) is 6.96. The second kappa shape index (κ2) is 4.99. The van der Waals surface area contributed by atoms with Crippen LogP contribution in [0.1, 0.15) is 32.3 Å². The number of aromatic hydroxyl groups is 1. The molecular weight excluding hydrogens is 278 g/mol. The van der Waals surface area contributed by atoms with Gasteiger partial charge in [0, 0.05) is 12.1 Å². The van der Waals surface area contributed by atoms with E-state index in [-0.39, 0.29) is 0 Å². The van der Waals surface area contributed by atoms with Gasteiger partial charge >= 0.3 is 0 Å². The van der Waals surface area contributed by atoms with E-state index in [1.807, 2.05) is 18.2 Å². The van der Waals surface area contributed by atoms with Gasteiger partial charge in [-0.15, -0.1) is 0 Å². The third kappa shape index (κ3) is 3.23. The van der Waals surface area contributed by atoms with Gasteiger partial charge in [0.25, 0.3) is 0 Å². The fourth-order valence-electron chi connectivity index (χ4n) is 2.24. The number of piperidine rings is 1. The number of para-hydroxylation sites is 1. The smallest absolute Gasteiger partial charge is 0.134 e. The van der Waals surface area contributed by atoms with Crippen LogP contribution in [0.2, 0.25) is 0 Å². The second-order valence-electron chi connectivity index (χ2n) is 5.69. The third-order valence-electron chi connectivity index (χ3n) is 3.67. The molecule has 0 aliphatic carbocycles. The predicted molar refractivity (Wildman–Crippen MR) is 74.1 cm³/mol. The van der Waals surface area contributed by atoms with Gasteiger partial charge in [0.1, 0.15) is 5.75 Å². The highest BCUT2D eigenvalue weighted by molar-refractivity contribution is 9.10. The fraction of sp³-hybridized carbons (Fsp3) is 0.571. The summed E-state index contributed by atoms with van der Waals surface area (Å²) < 4.78 is 0.785. The van der Waals surface area contributed by atoms with Crippen LogP contribution in [0.4, 0.5) is 0 Å². The number of halogens is 1. The molecule has 2 rings (SSSR count). The lowest BCUT2D eigenvalue weighted by Gasteiger charge is -2.37. The molecule has 1 fully saturated rings. The van der Waals surface area contributed by atoms with Crippen molar-refractivity contribution < 1.29 is 5.11 Å². The molecule has 0 atom stereocenters. The number of nitrogens with zero attached hydrogens (tertiary/aromatic N) is 1. The van der Waals surface area contributed by atoms with E-state index in [1.54, 1.807) is 0 Å². The van der Waals surface area contributed by atoms with Crippen LogP contribution >= 0.6 is 15.9 Å². The molecule has 0 unspecified atom stereocenters. The fourth-order valence-corrected chi connectivity index (χ4v) is 2.65. The second-order valence-corrected chi connectivity index (χ2v) is 6.54. The molecule has 2 nitrogen and oxygen atoms in total. The molecule has 0 bridgehead atoms. The Hall–Kier alpha value is -0.540. The summed E-state index contributed by atoms with van der Waals surface area (Å²) in [5.41, 5.74) is 1.49. The number of phenolic OH excluding ortho intramolecular Hbond substituents is 1. The van der Waals surface area contributed by atoms with Crippen molar-refractivity contribution in [3.8, 4) is 5.75 Å². The van der Waals surface area contributed by atoms with E-state index in [0.29, 0.717) is 11.2 Å². The van der Waals surface area contributed by atoms with Crippen molar-refractivity contribution in [2.75, 3.05) is 13.1 Å². The average Bonchev–Trinajstić information content (AvgIpc) is 2.27. The highest BCUT2D eigenvalue weighted by Gasteiger charge is 2.25. The number of likely N-dealkylation sites (tertiary alicyclic amines) is 1. The molecule has 1 heterocycles. The van der Waals surface area contributed by atoms with Gasteiger partial charge < -0.3 is 5.11 Å². The van der Waals surface area contributed by atoms with E-state index in [9.17, 15) is 5.11 Å². The zero-order chi connectivity index (χ0) is 12.5. The lowest BCUT2D eigenvalue weighted by atomic mass is 9.82. The van der Waals surface area contributed by atoms with Crippen LogP contribution in [-0.4, -0.2) is 23.1 Å². The molecule has 1 aromatic carbocycles. The SMILES string of the molecule is CC1(C)CCN(Cc2cccc(Br)c2O)CC1. The van der Waals surface area contributed by atoms with Crippen LogP contribution in [0.5, 0.6) is 5.75 Å². The van der Waals surface area contributed by atoms with Gasteiger partial charge in [-0.25, -0.2) is 0 Å². The van der Waals surface area contributed by atoms with Crippen molar-refractivity contribution >= 4 is 15.9 Å². The van der Waals surface area contributed by atoms with Gasteiger partial charge in [-0.05, 0) is 53.3 Å². The molecule has 1 aliphatic rings. The Kier molecular flexibility index (Phi) is 3.79. The Morgan fingerprint density at radius 3 is 2.59 bits per heavy atom. The monoisotopic (exact) mass is 297 g/mol. The van der Waals surface area contributed by atoms with Crippen molar-refractivity contribution in [1.82, 2.24) is 4.90 Å². The van der Waals surface area contributed by atoms with E-state index in [0.717, 1.165) is 29.7 Å². The summed E-state index contributed by atoms with van der Waals surface area (Å²) in [5.74, 6) is 0.386. The van der Waals surface area contributed by atoms with Crippen molar-refractivity contribution in [2.24, 2.45) is 5.41 Å². The molecule has 1 N–H and O–H groups in total. The van der Waals surface area contributed by atoms with E-state index in [1.165, 1.54) is 12.8 Å². The summed E-state index contributed by atoms with van der Waals surface area (Å²) in [4.78, 5) is 2.42. The van der Waals surface area contributed by atoms with Crippen molar-refractivity contribution in [2.45, 2.75) is 33.2 Å². The predicted octanol–water partition coefficient (Wildman–Crippen LogP) is 3.78. The minimum Gasteiger partial charge on any atom is -0.506 e. The highest BCUT2D eigenvalue weighted by Crippen LogP contribution is 2.32. The lowest BCUT2D eigenvalue weighted by Crippen LogP contribution is -2.36. The maximum Gasteiger partial charge on any atom is 0.134 e. The number of rotatable bonds is 2.